The highest BCUT2D eigenvalue weighted by atomic mass is 19.1. The third-order valence-corrected chi connectivity index (χ3v) is 7.63. The van der Waals surface area contributed by atoms with Crippen LogP contribution < -0.4 is 15.6 Å². The third-order valence-electron chi connectivity index (χ3n) is 7.63. The van der Waals surface area contributed by atoms with E-state index in [2.05, 4.69) is 5.32 Å². The van der Waals surface area contributed by atoms with Gasteiger partial charge in [-0.1, -0.05) is 6.92 Å². The second kappa shape index (κ2) is 7.91. The summed E-state index contributed by atoms with van der Waals surface area (Å²) in [5, 5.41) is 2.79. The monoisotopic (exact) mass is 480 g/mol. The van der Waals surface area contributed by atoms with E-state index in [-0.39, 0.29) is 28.8 Å². The molecule has 2 bridgehead atoms. The molecule has 2 saturated carbocycles. The predicted molar refractivity (Wildman–Crippen MR) is 128 cm³/mol. The van der Waals surface area contributed by atoms with Crippen LogP contribution in [0.5, 0.6) is 5.75 Å². The lowest BCUT2D eigenvalue weighted by Gasteiger charge is -2.41. The Morgan fingerprint density at radius 1 is 1.37 bits per heavy atom. The van der Waals surface area contributed by atoms with Crippen molar-refractivity contribution in [3.05, 3.63) is 58.4 Å². The van der Waals surface area contributed by atoms with Crippen LogP contribution in [0, 0.1) is 0 Å². The maximum absolute atomic E-state index is 13.4. The Balaban J connectivity index is 1.35. The number of ether oxygens (including phenoxy) is 2. The number of anilines is 1. The highest BCUT2D eigenvalue weighted by Gasteiger charge is 2.64. The van der Waals surface area contributed by atoms with E-state index in [1.54, 1.807) is 39.6 Å². The highest BCUT2D eigenvalue weighted by molar-refractivity contribution is 6.06. The highest BCUT2D eigenvalue weighted by Crippen LogP contribution is 2.58. The van der Waals surface area contributed by atoms with Crippen molar-refractivity contribution in [2.24, 2.45) is 0 Å². The van der Waals surface area contributed by atoms with Gasteiger partial charge in [0, 0.05) is 36.1 Å². The maximum atomic E-state index is 13.4. The number of rotatable bonds is 8. The molecule has 35 heavy (non-hydrogen) atoms. The molecule has 9 heteroatoms. The smallest absolute Gasteiger partial charge is 0.274 e. The van der Waals surface area contributed by atoms with Crippen molar-refractivity contribution in [3.8, 4) is 5.75 Å². The van der Waals surface area contributed by atoms with E-state index in [0.717, 1.165) is 25.0 Å². The minimum Gasteiger partial charge on any atom is -0.490 e. The summed E-state index contributed by atoms with van der Waals surface area (Å²) in [6.45, 7) is 3.91. The number of amides is 1. The number of pyridine rings is 2. The van der Waals surface area contributed by atoms with E-state index in [4.69, 9.17) is 14.5 Å². The van der Waals surface area contributed by atoms with Gasteiger partial charge in [0.05, 0.1) is 29.6 Å². The molecule has 0 aromatic carbocycles. The molecule has 2 saturated heterocycles. The first-order chi connectivity index (χ1) is 16.9. The summed E-state index contributed by atoms with van der Waals surface area (Å²) >= 11 is 0. The van der Waals surface area contributed by atoms with Crippen molar-refractivity contribution < 1.29 is 18.7 Å². The summed E-state index contributed by atoms with van der Waals surface area (Å²) in [5.41, 5.74) is 0.885. The second-order valence-electron chi connectivity index (χ2n) is 10.3. The number of hydrogen-bond acceptors (Lipinski definition) is 5. The number of imidazole rings is 1. The first kappa shape index (κ1) is 22.3. The van der Waals surface area contributed by atoms with Gasteiger partial charge >= 0.3 is 0 Å². The lowest BCUT2D eigenvalue weighted by atomic mass is 9.61. The number of carbonyl (C=O) groups is 1. The molecular weight excluding hydrogens is 451 g/mol. The summed E-state index contributed by atoms with van der Waals surface area (Å²) < 4.78 is 28.7. The Labute approximate surface area is 202 Å². The average Bonchev–Trinajstić information content (AvgIpc) is 3.32. The minimum absolute atomic E-state index is 0.110. The van der Waals surface area contributed by atoms with Gasteiger partial charge in [-0.05, 0) is 51.2 Å². The fraction of sp³-hybridized carbons (Fsp3) is 0.500. The first-order valence-corrected chi connectivity index (χ1v) is 12.3. The van der Waals surface area contributed by atoms with Crippen molar-refractivity contribution in [2.75, 3.05) is 18.6 Å². The number of carbonyl (C=O) groups excluding carboxylic acids is 1. The van der Waals surface area contributed by atoms with Crippen LogP contribution in [0.2, 0.25) is 0 Å². The lowest BCUT2D eigenvalue weighted by molar-refractivity contribution is -0.0235. The zero-order chi connectivity index (χ0) is 24.4. The molecule has 7 rings (SSSR count). The van der Waals surface area contributed by atoms with Gasteiger partial charge in [-0.25, -0.2) is 9.37 Å². The molecule has 0 radical (unpaired) electrons. The Kier molecular flexibility index (Phi) is 5.03. The fourth-order valence-corrected chi connectivity index (χ4v) is 5.34. The SMILES string of the molecule is CC[C@H](C)Oc1cc2nc(C34COC(CF)(C3)C4)cn2cc1C(=O)Nc1cccn(C2CC2)c1=O. The first-order valence-electron chi connectivity index (χ1n) is 12.3. The zero-order valence-electron chi connectivity index (χ0n) is 19.9. The molecule has 1 amide bonds. The Morgan fingerprint density at radius 3 is 2.86 bits per heavy atom. The van der Waals surface area contributed by atoms with Gasteiger partial charge in [0.15, 0.2) is 0 Å². The Hall–Kier alpha value is -3.20. The van der Waals surface area contributed by atoms with Crippen molar-refractivity contribution in [2.45, 2.75) is 69.1 Å². The van der Waals surface area contributed by atoms with Gasteiger partial charge in [-0.15, -0.1) is 0 Å². The number of nitrogens with one attached hydrogen (secondary N) is 1. The van der Waals surface area contributed by atoms with Gasteiger partial charge in [0.25, 0.3) is 11.5 Å². The molecule has 1 atom stereocenters. The van der Waals surface area contributed by atoms with Crippen LogP contribution in [0.1, 0.15) is 68.0 Å². The van der Waals surface area contributed by atoms with E-state index >= 15 is 0 Å². The zero-order valence-corrected chi connectivity index (χ0v) is 19.9. The van der Waals surface area contributed by atoms with Crippen molar-refractivity contribution in [3.63, 3.8) is 0 Å². The van der Waals surface area contributed by atoms with Crippen LogP contribution in [-0.2, 0) is 10.2 Å². The van der Waals surface area contributed by atoms with E-state index in [0.29, 0.717) is 36.4 Å². The molecular formula is C26H29FN4O4. The second-order valence-corrected chi connectivity index (χ2v) is 10.3. The van der Waals surface area contributed by atoms with E-state index in [1.807, 2.05) is 20.0 Å². The summed E-state index contributed by atoms with van der Waals surface area (Å²) in [6.07, 6.45) is 9.18. The molecule has 184 valence electrons. The van der Waals surface area contributed by atoms with E-state index < -0.39 is 18.2 Å². The molecule has 0 unspecified atom stereocenters. The third kappa shape index (κ3) is 3.64. The summed E-state index contributed by atoms with van der Waals surface area (Å²) in [5.74, 6) is -0.0135. The van der Waals surface area contributed by atoms with E-state index in [1.165, 1.54) is 0 Å². The summed E-state index contributed by atoms with van der Waals surface area (Å²) in [4.78, 5) is 31.0. The van der Waals surface area contributed by atoms with Crippen LogP contribution in [0.4, 0.5) is 10.1 Å². The number of aromatic nitrogens is 3. The average molecular weight is 481 g/mol. The largest absolute Gasteiger partial charge is 0.490 e. The van der Waals surface area contributed by atoms with Gasteiger partial charge in [-0.3, -0.25) is 9.59 Å². The number of alkyl halides is 1. The molecule has 2 aliphatic carbocycles. The van der Waals surface area contributed by atoms with Crippen molar-refractivity contribution in [1.29, 1.82) is 0 Å². The van der Waals surface area contributed by atoms with Crippen molar-refractivity contribution >= 4 is 17.2 Å². The molecule has 3 aromatic heterocycles. The van der Waals surface area contributed by atoms with Gasteiger partial charge in [-0.2, -0.15) is 0 Å². The Morgan fingerprint density at radius 2 is 2.17 bits per heavy atom. The van der Waals surface area contributed by atoms with Gasteiger partial charge in [0.1, 0.15) is 23.8 Å². The van der Waals surface area contributed by atoms with Crippen LogP contribution in [-0.4, -0.2) is 44.8 Å². The maximum Gasteiger partial charge on any atom is 0.274 e. The molecule has 3 aromatic rings. The normalized spacial score (nSPS) is 25.9. The number of fused-ring (bicyclic) bond motifs is 2. The fourth-order valence-electron chi connectivity index (χ4n) is 5.34. The number of hydrogen-bond donors (Lipinski definition) is 1. The lowest BCUT2D eigenvalue weighted by Crippen LogP contribution is -2.48. The summed E-state index contributed by atoms with van der Waals surface area (Å²) in [6, 6.07) is 5.36. The molecule has 4 fully saturated rings. The minimum atomic E-state index is -0.658. The topological polar surface area (TPSA) is 86.9 Å². The van der Waals surface area contributed by atoms with Crippen LogP contribution in [0.3, 0.4) is 0 Å². The van der Waals surface area contributed by atoms with Gasteiger partial charge in [0.2, 0.25) is 0 Å². The molecule has 2 aliphatic heterocycles. The molecule has 1 N–H and O–H groups in total. The van der Waals surface area contributed by atoms with E-state index in [9.17, 15) is 14.0 Å². The van der Waals surface area contributed by atoms with Crippen LogP contribution in [0.25, 0.3) is 5.65 Å². The molecule has 0 spiro atoms. The predicted octanol–water partition coefficient (Wildman–Crippen LogP) is 4.03. The van der Waals surface area contributed by atoms with Crippen LogP contribution >= 0.6 is 0 Å². The standard InChI is InChI=1S/C26H29FN4O4/c1-3-16(2)35-20-9-22-29-21(25-12-26(13-25,14-27)34-15-25)11-30(22)10-18(20)23(32)28-19-5-4-8-31(24(19)33)17-6-7-17/h4-5,8-11,16-17H,3,6-7,12-15H2,1-2H3,(H,28,32)/t16-,25?,26?/m0/s1. The number of halogens is 1. The molecule has 5 heterocycles. The van der Waals surface area contributed by atoms with Crippen molar-refractivity contribution in [1.82, 2.24) is 14.0 Å². The summed E-state index contributed by atoms with van der Waals surface area (Å²) in [7, 11) is 0. The number of nitrogens with zero attached hydrogens (tertiary/aromatic N) is 3. The Bertz CT molecular complexity index is 1370. The quantitative estimate of drug-likeness (QED) is 0.526. The van der Waals surface area contributed by atoms with Crippen LogP contribution in [0.15, 0.2) is 41.6 Å². The van der Waals surface area contributed by atoms with Gasteiger partial charge < -0.3 is 23.8 Å². The molecule has 4 aliphatic rings. The molecule has 8 nitrogen and oxygen atoms in total.